The highest BCUT2D eigenvalue weighted by Gasteiger charge is 2.31. The number of Topliss-reactive ketones (excluding diaryl/α,β-unsaturated/α-hetero) is 1. The van der Waals surface area contributed by atoms with Crippen molar-refractivity contribution < 1.29 is 22.7 Å². The Morgan fingerprint density at radius 2 is 2.00 bits per heavy atom. The molecular formula is C27H26F3N5O2S. The van der Waals surface area contributed by atoms with Crippen LogP contribution in [0.25, 0.3) is 17.1 Å². The van der Waals surface area contributed by atoms with Gasteiger partial charge in [0.25, 0.3) is 0 Å². The van der Waals surface area contributed by atoms with Crippen molar-refractivity contribution in [2.24, 2.45) is 0 Å². The summed E-state index contributed by atoms with van der Waals surface area (Å²) in [5, 5.41) is 8.78. The first kappa shape index (κ1) is 26.2. The van der Waals surface area contributed by atoms with Crippen LogP contribution in [-0.2, 0) is 17.5 Å². The molecule has 4 heterocycles. The van der Waals surface area contributed by atoms with E-state index < -0.39 is 11.7 Å². The Kier molecular flexibility index (Phi) is 7.40. The Balaban J connectivity index is 1.43. The van der Waals surface area contributed by atoms with Crippen LogP contribution in [0, 0.1) is 13.8 Å². The molecule has 7 nitrogen and oxygen atoms in total. The van der Waals surface area contributed by atoms with Gasteiger partial charge in [0.1, 0.15) is 0 Å². The molecule has 1 fully saturated rings. The number of hydrogen-bond acceptors (Lipinski definition) is 6. The molecule has 5 rings (SSSR count). The van der Waals surface area contributed by atoms with Crippen molar-refractivity contribution in [2.75, 3.05) is 12.4 Å². The largest absolute Gasteiger partial charge is 0.416 e. The number of aryl methyl sites for hydroxylation is 1. The zero-order valence-corrected chi connectivity index (χ0v) is 21.7. The van der Waals surface area contributed by atoms with Gasteiger partial charge in [-0.15, -0.1) is 10.2 Å². The predicted octanol–water partition coefficient (Wildman–Crippen LogP) is 5.92. The lowest BCUT2D eigenvalue weighted by atomic mass is 10.2. The van der Waals surface area contributed by atoms with Gasteiger partial charge in [-0.25, -0.2) is 0 Å². The van der Waals surface area contributed by atoms with Crippen LogP contribution in [0.15, 0.2) is 60.0 Å². The topological polar surface area (TPSA) is 74.8 Å². The van der Waals surface area contributed by atoms with E-state index in [1.54, 1.807) is 30.6 Å². The van der Waals surface area contributed by atoms with Crippen molar-refractivity contribution in [3.8, 4) is 17.1 Å². The number of pyridine rings is 1. The summed E-state index contributed by atoms with van der Waals surface area (Å²) >= 11 is 1.13. The second-order valence-corrected chi connectivity index (χ2v) is 10.1. The van der Waals surface area contributed by atoms with E-state index in [2.05, 4.69) is 19.7 Å². The van der Waals surface area contributed by atoms with Gasteiger partial charge in [-0.3, -0.25) is 14.3 Å². The second kappa shape index (κ2) is 10.7. The molecule has 0 amide bonds. The first-order chi connectivity index (χ1) is 18.2. The summed E-state index contributed by atoms with van der Waals surface area (Å²) in [6, 6.07) is 10.3. The normalized spacial score (nSPS) is 15.8. The van der Waals surface area contributed by atoms with E-state index in [0.717, 1.165) is 54.7 Å². The van der Waals surface area contributed by atoms with Crippen molar-refractivity contribution in [1.29, 1.82) is 0 Å². The molecule has 198 valence electrons. The average Bonchev–Trinajstić information content (AvgIpc) is 3.64. The summed E-state index contributed by atoms with van der Waals surface area (Å²) in [4.78, 5) is 17.4. The lowest BCUT2D eigenvalue weighted by molar-refractivity contribution is -0.137. The number of alkyl halides is 3. The third-order valence-electron chi connectivity index (χ3n) is 6.60. The van der Waals surface area contributed by atoms with Crippen LogP contribution in [0.2, 0.25) is 0 Å². The maximum absolute atomic E-state index is 13.5. The molecule has 1 aromatic carbocycles. The number of aromatic nitrogens is 5. The number of halogens is 3. The summed E-state index contributed by atoms with van der Waals surface area (Å²) in [6.45, 7) is 5.36. The van der Waals surface area contributed by atoms with Crippen molar-refractivity contribution in [1.82, 2.24) is 24.3 Å². The number of thioether (sulfide) groups is 1. The third-order valence-corrected chi connectivity index (χ3v) is 7.53. The van der Waals surface area contributed by atoms with E-state index in [9.17, 15) is 18.0 Å². The Morgan fingerprint density at radius 1 is 1.16 bits per heavy atom. The Hall–Kier alpha value is -3.44. The van der Waals surface area contributed by atoms with Gasteiger partial charge in [-0.05, 0) is 63.1 Å². The van der Waals surface area contributed by atoms with Crippen LogP contribution in [-0.4, -0.2) is 48.6 Å². The molecule has 4 aromatic rings. The minimum atomic E-state index is -4.51. The lowest BCUT2D eigenvalue weighted by Gasteiger charge is -2.15. The minimum absolute atomic E-state index is 0.0500. The highest BCUT2D eigenvalue weighted by atomic mass is 32.2. The molecule has 0 spiro atoms. The molecule has 3 aromatic heterocycles. The number of rotatable bonds is 8. The van der Waals surface area contributed by atoms with Gasteiger partial charge in [0.2, 0.25) is 0 Å². The van der Waals surface area contributed by atoms with Gasteiger partial charge < -0.3 is 9.30 Å². The number of ketones is 1. The van der Waals surface area contributed by atoms with Crippen LogP contribution >= 0.6 is 11.8 Å². The van der Waals surface area contributed by atoms with Crippen molar-refractivity contribution >= 4 is 17.5 Å². The lowest BCUT2D eigenvalue weighted by Crippen LogP contribution is -2.17. The number of hydrogen-bond donors (Lipinski definition) is 0. The molecule has 0 aliphatic carbocycles. The second-order valence-electron chi connectivity index (χ2n) is 9.17. The molecule has 0 unspecified atom stereocenters. The van der Waals surface area contributed by atoms with Crippen molar-refractivity contribution in [3.05, 3.63) is 77.4 Å². The van der Waals surface area contributed by atoms with Gasteiger partial charge in [0, 0.05) is 48.1 Å². The van der Waals surface area contributed by atoms with E-state index in [1.807, 2.05) is 19.9 Å². The van der Waals surface area contributed by atoms with Crippen LogP contribution in [0.1, 0.15) is 40.2 Å². The molecule has 0 N–H and O–H groups in total. The molecular weight excluding hydrogens is 515 g/mol. The molecule has 0 radical (unpaired) electrons. The van der Waals surface area contributed by atoms with Gasteiger partial charge in [0.05, 0.1) is 23.1 Å². The van der Waals surface area contributed by atoms with Gasteiger partial charge in [0.15, 0.2) is 16.8 Å². The fourth-order valence-corrected chi connectivity index (χ4v) is 5.50. The minimum Gasteiger partial charge on any atom is -0.376 e. The maximum atomic E-state index is 13.5. The number of nitrogens with zero attached hydrogens (tertiary/aromatic N) is 5. The molecule has 0 saturated carbocycles. The zero-order chi connectivity index (χ0) is 26.9. The average molecular weight is 542 g/mol. The van der Waals surface area contributed by atoms with E-state index in [0.29, 0.717) is 28.7 Å². The molecule has 11 heteroatoms. The summed E-state index contributed by atoms with van der Waals surface area (Å²) in [7, 11) is 0. The fraction of sp³-hybridized carbons (Fsp3) is 0.333. The van der Waals surface area contributed by atoms with Gasteiger partial charge in [-0.1, -0.05) is 17.8 Å². The number of ether oxygens (including phenoxy) is 1. The van der Waals surface area contributed by atoms with Crippen LogP contribution < -0.4 is 0 Å². The van der Waals surface area contributed by atoms with Crippen LogP contribution in [0.4, 0.5) is 13.2 Å². The van der Waals surface area contributed by atoms with E-state index >= 15 is 0 Å². The van der Waals surface area contributed by atoms with E-state index in [4.69, 9.17) is 4.74 Å². The monoisotopic (exact) mass is 541 g/mol. The summed E-state index contributed by atoms with van der Waals surface area (Å²) in [5.74, 6) is 0.291. The third kappa shape index (κ3) is 5.39. The maximum Gasteiger partial charge on any atom is 0.416 e. The molecule has 38 heavy (non-hydrogen) atoms. The Bertz CT molecular complexity index is 1440. The Labute approximate surface area is 222 Å². The molecule has 1 saturated heterocycles. The molecule has 0 bridgehead atoms. The van der Waals surface area contributed by atoms with Crippen molar-refractivity contribution in [2.45, 2.75) is 50.7 Å². The number of carbonyl (C=O) groups is 1. The van der Waals surface area contributed by atoms with E-state index in [-0.39, 0.29) is 23.3 Å². The highest BCUT2D eigenvalue weighted by molar-refractivity contribution is 7.99. The number of carbonyl (C=O) groups excluding carboxylic acids is 1. The number of benzene rings is 1. The first-order valence-electron chi connectivity index (χ1n) is 12.2. The van der Waals surface area contributed by atoms with Crippen LogP contribution in [0.3, 0.4) is 0 Å². The Morgan fingerprint density at radius 3 is 2.71 bits per heavy atom. The molecule has 1 aliphatic heterocycles. The highest BCUT2D eigenvalue weighted by Crippen LogP contribution is 2.33. The van der Waals surface area contributed by atoms with Crippen LogP contribution in [0.5, 0.6) is 0 Å². The molecule has 1 aliphatic rings. The smallest absolute Gasteiger partial charge is 0.376 e. The quantitative estimate of drug-likeness (QED) is 0.204. The van der Waals surface area contributed by atoms with Crippen molar-refractivity contribution in [3.63, 3.8) is 0 Å². The summed E-state index contributed by atoms with van der Waals surface area (Å²) < 4.78 is 49.8. The molecule has 1 atom stereocenters. The van der Waals surface area contributed by atoms with E-state index in [1.165, 1.54) is 10.6 Å². The first-order valence-corrected chi connectivity index (χ1v) is 13.2. The fourth-order valence-electron chi connectivity index (χ4n) is 4.66. The van der Waals surface area contributed by atoms with Gasteiger partial charge in [-0.2, -0.15) is 13.2 Å². The SMILES string of the molecule is Cc1cc(C(=O)CSc2nnc(-c3cccnc3)n2-c2cccc(C(F)(F)F)c2)c(C)n1C[C@H]1CCCO1. The predicted molar refractivity (Wildman–Crippen MR) is 138 cm³/mol. The summed E-state index contributed by atoms with van der Waals surface area (Å²) in [6.07, 6.45) is 0.845. The standard InChI is InChI=1S/C27H26F3N5O2S/c1-17-12-23(18(2)34(17)15-22-9-5-11-37-22)24(36)16-38-26-33-32-25(19-6-4-10-31-14-19)35(26)21-8-3-7-20(13-21)27(28,29)30/h3-4,6-8,10,12-14,22H,5,9,11,15-16H2,1-2H3/t22-/m1/s1. The summed E-state index contributed by atoms with van der Waals surface area (Å²) in [5.41, 5.74) is 2.52. The van der Waals surface area contributed by atoms with Gasteiger partial charge >= 0.3 is 6.18 Å². The zero-order valence-electron chi connectivity index (χ0n) is 20.9.